The van der Waals surface area contributed by atoms with Gasteiger partial charge in [-0.1, -0.05) is 12.1 Å². The molecule has 2 unspecified atom stereocenters. The summed E-state index contributed by atoms with van der Waals surface area (Å²) < 4.78 is 26.2. The highest BCUT2D eigenvalue weighted by Crippen LogP contribution is 2.26. The van der Waals surface area contributed by atoms with Gasteiger partial charge in [0.15, 0.2) is 0 Å². The minimum Gasteiger partial charge on any atom is -0.368 e. The maximum Gasteiger partial charge on any atom is 0.243 e. The molecule has 7 heteroatoms. The zero-order valence-electron chi connectivity index (χ0n) is 11.3. The lowest BCUT2D eigenvalue weighted by Crippen LogP contribution is -2.43. The summed E-state index contributed by atoms with van der Waals surface area (Å²) >= 11 is 0. The highest BCUT2D eigenvalue weighted by atomic mass is 32.2. The first kappa shape index (κ1) is 15.0. The molecule has 6 nitrogen and oxygen atoms in total. The van der Waals surface area contributed by atoms with E-state index >= 15 is 0 Å². The molecule has 2 rings (SSSR count). The van der Waals surface area contributed by atoms with E-state index in [1.54, 1.807) is 12.1 Å². The SMILES string of the molecule is CC(N)c1ccc(S(=O)(=O)N2CCCC2C(N)=O)cc1. The van der Waals surface area contributed by atoms with Crippen LogP contribution in [0.4, 0.5) is 0 Å². The van der Waals surface area contributed by atoms with E-state index in [9.17, 15) is 13.2 Å². The summed E-state index contributed by atoms with van der Waals surface area (Å²) in [7, 11) is -3.68. The second-order valence-electron chi connectivity index (χ2n) is 5.03. The van der Waals surface area contributed by atoms with E-state index in [1.165, 1.54) is 16.4 Å². The fraction of sp³-hybridized carbons (Fsp3) is 0.462. The van der Waals surface area contributed by atoms with Crippen molar-refractivity contribution in [1.29, 1.82) is 0 Å². The zero-order valence-corrected chi connectivity index (χ0v) is 12.1. The van der Waals surface area contributed by atoms with Gasteiger partial charge in [0.25, 0.3) is 0 Å². The molecule has 1 aliphatic heterocycles. The Morgan fingerprint density at radius 1 is 1.35 bits per heavy atom. The summed E-state index contributed by atoms with van der Waals surface area (Å²) in [5.74, 6) is -0.599. The minimum atomic E-state index is -3.68. The van der Waals surface area contributed by atoms with Crippen molar-refractivity contribution in [2.24, 2.45) is 11.5 Å². The largest absolute Gasteiger partial charge is 0.368 e. The molecule has 1 heterocycles. The van der Waals surface area contributed by atoms with Gasteiger partial charge in [0.1, 0.15) is 6.04 Å². The van der Waals surface area contributed by atoms with Gasteiger partial charge in [-0.05, 0) is 37.5 Å². The molecular formula is C13H19N3O3S. The maximum atomic E-state index is 12.5. The van der Waals surface area contributed by atoms with Crippen molar-refractivity contribution in [2.45, 2.75) is 36.7 Å². The number of amides is 1. The average Bonchev–Trinajstić information content (AvgIpc) is 2.89. The monoisotopic (exact) mass is 297 g/mol. The van der Waals surface area contributed by atoms with Crippen molar-refractivity contribution >= 4 is 15.9 Å². The van der Waals surface area contributed by atoms with E-state index < -0.39 is 22.0 Å². The molecule has 110 valence electrons. The second kappa shape index (κ2) is 5.51. The highest BCUT2D eigenvalue weighted by molar-refractivity contribution is 7.89. The molecule has 0 radical (unpaired) electrons. The van der Waals surface area contributed by atoms with Crippen LogP contribution < -0.4 is 11.5 Å². The Kier molecular flexibility index (Phi) is 4.12. The Morgan fingerprint density at radius 2 is 1.95 bits per heavy atom. The Morgan fingerprint density at radius 3 is 2.45 bits per heavy atom. The molecule has 1 aromatic carbocycles. The molecule has 1 fully saturated rings. The van der Waals surface area contributed by atoms with Crippen LogP contribution in [0.2, 0.25) is 0 Å². The second-order valence-corrected chi connectivity index (χ2v) is 6.92. The van der Waals surface area contributed by atoms with Gasteiger partial charge in [-0.3, -0.25) is 4.79 Å². The fourth-order valence-electron chi connectivity index (χ4n) is 2.39. The molecule has 0 aliphatic carbocycles. The van der Waals surface area contributed by atoms with E-state index in [0.29, 0.717) is 19.4 Å². The number of sulfonamides is 1. The van der Waals surface area contributed by atoms with E-state index in [-0.39, 0.29) is 10.9 Å². The van der Waals surface area contributed by atoms with Crippen LogP contribution in [0.15, 0.2) is 29.2 Å². The van der Waals surface area contributed by atoms with Crippen LogP contribution >= 0.6 is 0 Å². The predicted octanol–water partition coefficient (Wildman–Crippen LogP) is 0.345. The van der Waals surface area contributed by atoms with Crippen LogP contribution in [-0.2, 0) is 14.8 Å². The first-order chi connectivity index (χ1) is 9.34. The third kappa shape index (κ3) is 2.70. The lowest BCUT2D eigenvalue weighted by Gasteiger charge is -2.21. The first-order valence-electron chi connectivity index (χ1n) is 6.50. The molecule has 1 aliphatic rings. The van der Waals surface area contributed by atoms with E-state index in [0.717, 1.165) is 5.56 Å². The van der Waals surface area contributed by atoms with Gasteiger partial charge in [-0.15, -0.1) is 0 Å². The Labute approximate surface area is 118 Å². The Bertz CT molecular complexity index is 596. The third-order valence-electron chi connectivity index (χ3n) is 3.54. The minimum absolute atomic E-state index is 0.156. The molecule has 20 heavy (non-hydrogen) atoms. The number of nitrogens with zero attached hydrogens (tertiary/aromatic N) is 1. The summed E-state index contributed by atoms with van der Waals surface area (Å²) in [6.07, 6.45) is 1.12. The predicted molar refractivity (Wildman–Crippen MR) is 75.2 cm³/mol. The molecule has 0 saturated carbocycles. The summed E-state index contributed by atoms with van der Waals surface area (Å²) in [5.41, 5.74) is 11.9. The molecule has 0 bridgehead atoms. The number of hydrogen-bond acceptors (Lipinski definition) is 4. The standard InChI is InChI=1S/C13H19N3O3S/c1-9(14)10-4-6-11(7-5-10)20(18,19)16-8-2-3-12(16)13(15)17/h4-7,9,12H,2-3,8,14H2,1H3,(H2,15,17). The van der Waals surface area contributed by atoms with Gasteiger partial charge in [-0.25, -0.2) is 8.42 Å². The highest BCUT2D eigenvalue weighted by Gasteiger charge is 2.38. The first-order valence-corrected chi connectivity index (χ1v) is 7.94. The summed E-state index contributed by atoms with van der Waals surface area (Å²) in [4.78, 5) is 11.5. The normalized spacial score (nSPS) is 21.8. The van der Waals surface area contributed by atoms with Crippen molar-refractivity contribution in [3.63, 3.8) is 0 Å². The van der Waals surface area contributed by atoms with Crippen molar-refractivity contribution in [3.05, 3.63) is 29.8 Å². The van der Waals surface area contributed by atoms with Crippen LogP contribution in [0.3, 0.4) is 0 Å². The number of rotatable bonds is 4. The van der Waals surface area contributed by atoms with E-state index in [4.69, 9.17) is 11.5 Å². The van der Waals surface area contributed by atoms with Crippen molar-refractivity contribution in [2.75, 3.05) is 6.54 Å². The number of primary amides is 1. The number of benzene rings is 1. The zero-order chi connectivity index (χ0) is 14.9. The van der Waals surface area contributed by atoms with Crippen LogP contribution in [-0.4, -0.2) is 31.2 Å². The van der Waals surface area contributed by atoms with Crippen molar-refractivity contribution < 1.29 is 13.2 Å². The van der Waals surface area contributed by atoms with E-state index in [1.807, 2.05) is 6.92 Å². The smallest absolute Gasteiger partial charge is 0.243 e. The van der Waals surface area contributed by atoms with Gasteiger partial charge >= 0.3 is 0 Å². The lowest BCUT2D eigenvalue weighted by molar-refractivity contribution is -0.121. The number of nitrogens with two attached hydrogens (primary N) is 2. The van der Waals surface area contributed by atoms with Crippen LogP contribution in [0.25, 0.3) is 0 Å². The number of carbonyl (C=O) groups is 1. The molecule has 4 N–H and O–H groups in total. The van der Waals surface area contributed by atoms with Crippen molar-refractivity contribution in [3.8, 4) is 0 Å². The third-order valence-corrected chi connectivity index (χ3v) is 5.47. The van der Waals surface area contributed by atoms with Crippen molar-refractivity contribution in [1.82, 2.24) is 4.31 Å². The fourth-order valence-corrected chi connectivity index (χ4v) is 4.06. The maximum absolute atomic E-state index is 12.5. The number of carbonyl (C=O) groups excluding carboxylic acids is 1. The van der Waals surface area contributed by atoms with Gasteiger partial charge in [0.05, 0.1) is 4.90 Å². The molecule has 0 aromatic heterocycles. The summed E-state index contributed by atoms with van der Waals surface area (Å²) in [5, 5.41) is 0. The molecular weight excluding hydrogens is 278 g/mol. The summed E-state index contributed by atoms with van der Waals surface area (Å²) in [6, 6.07) is 5.51. The molecule has 1 amide bonds. The van der Waals surface area contributed by atoms with Gasteiger partial charge in [0, 0.05) is 12.6 Å². The quantitative estimate of drug-likeness (QED) is 0.836. The van der Waals surface area contributed by atoms with Gasteiger partial charge in [0.2, 0.25) is 15.9 Å². The molecule has 2 atom stereocenters. The molecule has 0 spiro atoms. The summed E-state index contributed by atoms with van der Waals surface area (Å²) in [6.45, 7) is 2.15. The van der Waals surface area contributed by atoms with Crippen LogP contribution in [0.5, 0.6) is 0 Å². The van der Waals surface area contributed by atoms with Gasteiger partial charge < -0.3 is 11.5 Å². The lowest BCUT2D eigenvalue weighted by atomic mass is 10.1. The topological polar surface area (TPSA) is 106 Å². The van der Waals surface area contributed by atoms with Gasteiger partial charge in [-0.2, -0.15) is 4.31 Å². The Balaban J connectivity index is 2.32. The Hall–Kier alpha value is -1.44. The van der Waals surface area contributed by atoms with Crippen LogP contribution in [0, 0.1) is 0 Å². The number of hydrogen-bond donors (Lipinski definition) is 2. The molecule has 1 saturated heterocycles. The van der Waals surface area contributed by atoms with Crippen LogP contribution in [0.1, 0.15) is 31.4 Å². The van der Waals surface area contributed by atoms with E-state index in [2.05, 4.69) is 0 Å². The molecule has 1 aromatic rings. The average molecular weight is 297 g/mol.